The van der Waals surface area contributed by atoms with Gasteiger partial charge in [0.25, 0.3) is 0 Å². The second-order valence-corrected chi connectivity index (χ2v) is 5.86. The van der Waals surface area contributed by atoms with E-state index in [1.165, 1.54) is 18.2 Å². The van der Waals surface area contributed by atoms with E-state index >= 15 is 0 Å². The molecule has 2 N–H and O–H groups in total. The van der Waals surface area contributed by atoms with Gasteiger partial charge in [-0.3, -0.25) is 0 Å². The van der Waals surface area contributed by atoms with Gasteiger partial charge in [-0.2, -0.15) is 0 Å². The number of nitrogens with one attached hydrogen (secondary N) is 2. The third-order valence-corrected chi connectivity index (χ3v) is 2.64. The second kappa shape index (κ2) is 7.36. The number of amides is 1. The first kappa shape index (κ1) is 17.4. The van der Waals surface area contributed by atoms with Crippen molar-refractivity contribution in [2.24, 2.45) is 0 Å². The lowest BCUT2D eigenvalue weighted by Gasteiger charge is -2.21. The van der Waals surface area contributed by atoms with Gasteiger partial charge >= 0.3 is 6.09 Å². The maximum atomic E-state index is 13.4. The first-order valence-electron chi connectivity index (χ1n) is 6.82. The van der Waals surface area contributed by atoms with Crippen molar-refractivity contribution in [3.63, 3.8) is 0 Å². The summed E-state index contributed by atoms with van der Waals surface area (Å²) in [5.41, 5.74) is -0.571. The van der Waals surface area contributed by atoms with Crippen LogP contribution >= 0.6 is 0 Å². The number of carbonyl (C=O) groups is 1. The molecule has 0 saturated heterocycles. The summed E-state index contributed by atoms with van der Waals surface area (Å²) in [6, 6.07) is 3.59. The van der Waals surface area contributed by atoms with E-state index in [4.69, 9.17) is 4.74 Å². The van der Waals surface area contributed by atoms with Crippen molar-refractivity contribution in [3.8, 4) is 0 Å². The minimum atomic E-state index is -0.588. The van der Waals surface area contributed by atoms with Gasteiger partial charge in [-0.15, -0.1) is 0 Å². The number of benzene rings is 1. The van der Waals surface area contributed by atoms with Crippen molar-refractivity contribution in [1.29, 1.82) is 0 Å². The molecule has 0 fully saturated rings. The highest BCUT2D eigenvalue weighted by Gasteiger charge is 2.16. The van der Waals surface area contributed by atoms with Gasteiger partial charge in [-0.1, -0.05) is 6.07 Å². The summed E-state index contributed by atoms with van der Waals surface area (Å²) in [4.78, 5) is 11.5. The van der Waals surface area contributed by atoms with Gasteiger partial charge < -0.3 is 15.4 Å². The second-order valence-electron chi connectivity index (χ2n) is 5.86. The molecule has 0 aliphatic carbocycles. The van der Waals surface area contributed by atoms with Crippen LogP contribution in [0.15, 0.2) is 18.2 Å². The van der Waals surface area contributed by atoms with Crippen molar-refractivity contribution in [3.05, 3.63) is 35.4 Å². The topological polar surface area (TPSA) is 50.4 Å². The van der Waals surface area contributed by atoms with Crippen molar-refractivity contribution >= 4 is 6.09 Å². The summed E-state index contributed by atoms with van der Waals surface area (Å²) in [5, 5.41) is 5.54. The normalized spacial score (nSPS) is 12.9. The van der Waals surface area contributed by atoms with Gasteiger partial charge in [0.1, 0.15) is 17.2 Å². The van der Waals surface area contributed by atoms with Crippen LogP contribution in [-0.4, -0.2) is 24.3 Å². The number of hydrogen-bond donors (Lipinski definition) is 2. The highest BCUT2D eigenvalue weighted by Crippen LogP contribution is 2.11. The fraction of sp³-hybridized carbons (Fsp3) is 0.533. The van der Waals surface area contributed by atoms with Crippen LogP contribution in [0.2, 0.25) is 0 Å². The average Bonchev–Trinajstić information content (AvgIpc) is 2.33. The Morgan fingerprint density at radius 1 is 1.29 bits per heavy atom. The molecule has 118 valence electrons. The molecule has 1 unspecified atom stereocenters. The molecule has 1 rings (SSSR count). The Bertz CT molecular complexity index is 467. The first-order chi connectivity index (χ1) is 9.69. The third kappa shape index (κ3) is 6.53. The van der Waals surface area contributed by atoms with Gasteiger partial charge in [-0.05, 0) is 39.8 Å². The fourth-order valence-corrected chi connectivity index (χ4v) is 1.60. The zero-order chi connectivity index (χ0) is 16.0. The zero-order valence-electron chi connectivity index (χ0n) is 12.8. The summed E-state index contributed by atoms with van der Waals surface area (Å²) < 4.78 is 32.0. The molecule has 1 atom stereocenters. The Balaban J connectivity index is 2.38. The summed E-state index contributed by atoms with van der Waals surface area (Å²) >= 11 is 0. The summed E-state index contributed by atoms with van der Waals surface area (Å²) in [6.45, 7) is 7.47. The Morgan fingerprint density at radius 3 is 2.38 bits per heavy atom. The molecule has 0 bridgehead atoms. The molecule has 0 saturated carbocycles. The van der Waals surface area contributed by atoms with Crippen LogP contribution in [-0.2, 0) is 11.3 Å². The maximum Gasteiger partial charge on any atom is 0.407 e. The summed E-state index contributed by atoms with van der Waals surface area (Å²) in [6.07, 6.45) is -0.520. The predicted molar refractivity (Wildman–Crippen MR) is 76.9 cm³/mol. The Kier molecular flexibility index (Phi) is 6.08. The van der Waals surface area contributed by atoms with E-state index in [9.17, 15) is 13.6 Å². The van der Waals surface area contributed by atoms with Gasteiger partial charge in [0, 0.05) is 24.7 Å². The quantitative estimate of drug-likeness (QED) is 0.879. The van der Waals surface area contributed by atoms with Crippen molar-refractivity contribution < 1.29 is 18.3 Å². The van der Waals surface area contributed by atoms with Crippen LogP contribution in [0.4, 0.5) is 13.6 Å². The average molecular weight is 300 g/mol. The van der Waals surface area contributed by atoms with Crippen LogP contribution in [0.25, 0.3) is 0 Å². The fourth-order valence-electron chi connectivity index (χ4n) is 1.60. The van der Waals surface area contributed by atoms with E-state index in [1.54, 1.807) is 27.7 Å². The molecule has 0 aliphatic rings. The van der Waals surface area contributed by atoms with Crippen molar-refractivity contribution in [1.82, 2.24) is 10.6 Å². The SMILES string of the molecule is CC(CNC(=O)OC(C)(C)C)NCc1c(F)cccc1F. The zero-order valence-corrected chi connectivity index (χ0v) is 12.8. The maximum absolute atomic E-state index is 13.4. The van der Waals surface area contributed by atoms with Crippen LogP contribution in [0, 0.1) is 11.6 Å². The highest BCUT2D eigenvalue weighted by atomic mass is 19.1. The molecule has 0 spiro atoms. The molecule has 1 aromatic carbocycles. The van der Waals surface area contributed by atoms with E-state index in [2.05, 4.69) is 10.6 Å². The van der Waals surface area contributed by atoms with Gasteiger partial charge in [0.05, 0.1) is 0 Å². The number of hydrogen-bond acceptors (Lipinski definition) is 3. The molecule has 1 aromatic rings. The lowest BCUT2D eigenvalue weighted by Crippen LogP contribution is -2.41. The Morgan fingerprint density at radius 2 is 1.86 bits per heavy atom. The molecular formula is C15H22F2N2O2. The molecule has 1 amide bonds. The third-order valence-electron chi connectivity index (χ3n) is 2.64. The Labute approximate surface area is 123 Å². The number of carbonyl (C=O) groups excluding carboxylic acids is 1. The van der Waals surface area contributed by atoms with Gasteiger partial charge in [-0.25, -0.2) is 13.6 Å². The van der Waals surface area contributed by atoms with Crippen LogP contribution < -0.4 is 10.6 Å². The lowest BCUT2D eigenvalue weighted by molar-refractivity contribution is 0.0523. The van der Waals surface area contributed by atoms with E-state index < -0.39 is 23.3 Å². The molecule has 0 aliphatic heterocycles. The molecule has 21 heavy (non-hydrogen) atoms. The number of alkyl carbamates (subject to hydrolysis) is 1. The number of rotatable bonds is 5. The van der Waals surface area contributed by atoms with Crippen molar-refractivity contribution in [2.75, 3.05) is 6.54 Å². The monoisotopic (exact) mass is 300 g/mol. The predicted octanol–water partition coefficient (Wildman–Crippen LogP) is 2.97. The van der Waals surface area contributed by atoms with E-state index in [0.717, 1.165) is 0 Å². The summed E-state index contributed by atoms with van der Waals surface area (Å²) in [5.74, 6) is -1.18. The first-order valence-corrected chi connectivity index (χ1v) is 6.82. The van der Waals surface area contributed by atoms with E-state index in [1.807, 2.05) is 0 Å². The molecular weight excluding hydrogens is 278 g/mol. The largest absolute Gasteiger partial charge is 0.444 e. The van der Waals surface area contributed by atoms with Crippen LogP contribution in [0.1, 0.15) is 33.3 Å². The minimum absolute atomic E-state index is 0.0124. The molecule has 6 heteroatoms. The number of halogens is 2. The number of ether oxygens (including phenoxy) is 1. The van der Waals surface area contributed by atoms with E-state index in [0.29, 0.717) is 6.54 Å². The molecule has 0 heterocycles. The van der Waals surface area contributed by atoms with Crippen molar-refractivity contribution in [2.45, 2.75) is 45.9 Å². The standard InChI is InChI=1S/C15H22F2N2O2/c1-10(8-19-14(20)21-15(2,3)4)18-9-11-12(16)6-5-7-13(11)17/h5-7,10,18H,8-9H2,1-4H3,(H,19,20). The smallest absolute Gasteiger partial charge is 0.407 e. The Hall–Kier alpha value is -1.69. The molecule has 0 radical (unpaired) electrons. The molecule has 4 nitrogen and oxygen atoms in total. The highest BCUT2D eigenvalue weighted by molar-refractivity contribution is 5.67. The summed E-state index contributed by atoms with van der Waals surface area (Å²) in [7, 11) is 0. The lowest BCUT2D eigenvalue weighted by atomic mass is 10.2. The minimum Gasteiger partial charge on any atom is -0.444 e. The molecule has 0 aromatic heterocycles. The van der Waals surface area contributed by atoms with Crippen LogP contribution in [0.3, 0.4) is 0 Å². The van der Waals surface area contributed by atoms with Gasteiger partial charge in [0.2, 0.25) is 0 Å². The van der Waals surface area contributed by atoms with E-state index in [-0.39, 0.29) is 18.2 Å². The van der Waals surface area contributed by atoms with Crippen LogP contribution in [0.5, 0.6) is 0 Å². The van der Waals surface area contributed by atoms with Gasteiger partial charge in [0.15, 0.2) is 0 Å².